The molecule has 0 aliphatic heterocycles. The molecule has 0 saturated carbocycles. The van der Waals surface area contributed by atoms with E-state index < -0.39 is 0 Å². The zero-order valence-corrected chi connectivity index (χ0v) is 15.0. The minimum absolute atomic E-state index is 0.0901. The van der Waals surface area contributed by atoms with Gasteiger partial charge < -0.3 is 10.3 Å². The summed E-state index contributed by atoms with van der Waals surface area (Å²) < 4.78 is 0. The lowest BCUT2D eigenvalue weighted by molar-refractivity contribution is 0.0942. The second kappa shape index (κ2) is 7.35. The number of hydrogen-bond donors (Lipinski definition) is 2. The lowest BCUT2D eigenvalue weighted by Gasteiger charge is -2.08. The number of aromatic nitrogens is 2. The molecule has 0 atom stereocenters. The van der Waals surface area contributed by atoms with Gasteiger partial charge in [0.15, 0.2) is 5.82 Å². The third-order valence-electron chi connectivity index (χ3n) is 3.89. The topological polar surface area (TPSA) is 74.8 Å². The molecule has 0 aliphatic carbocycles. The van der Waals surface area contributed by atoms with E-state index in [1.165, 1.54) is 6.08 Å². The van der Waals surface area contributed by atoms with Crippen LogP contribution in [-0.2, 0) is 0 Å². The largest absolute Gasteiger partial charge is 0.350 e. The summed E-state index contributed by atoms with van der Waals surface area (Å²) in [6, 6.07) is 13.0. The quantitative estimate of drug-likeness (QED) is 0.543. The Morgan fingerprint density at radius 1 is 1.12 bits per heavy atom. The summed E-state index contributed by atoms with van der Waals surface area (Å²) >= 11 is 0. The van der Waals surface area contributed by atoms with Crippen LogP contribution in [0.1, 0.15) is 46.0 Å². The maximum absolute atomic E-state index is 12.3. The number of aromatic amines is 1. The molecule has 3 aromatic rings. The number of aryl methyl sites for hydroxylation is 1. The molecule has 0 fully saturated rings. The number of allylic oxidation sites excluding steroid dienone is 1. The van der Waals surface area contributed by atoms with Gasteiger partial charge in [-0.25, -0.2) is 4.98 Å². The first-order chi connectivity index (χ1) is 12.4. The van der Waals surface area contributed by atoms with Crippen LogP contribution in [0, 0.1) is 6.92 Å². The normalized spacial score (nSPS) is 11.4. The fourth-order valence-corrected chi connectivity index (χ4v) is 2.58. The van der Waals surface area contributed by atoms with Crippen LogP contribution in [-0.4, -0.2) is 27.7 Å². The number of nitrogens with zero attached hydrogens (tertiary/aromatic N) is 1. The van der Waals surface area contributed by atoms with Crippen LogP contribution in [0.25, 0.3) is 17.1 Å². The number of carbonyl (C=O) groups excluding carboxylic acids is 2. The van der Waals surface area contributed by atoms with Gasteiger partial charge >= 0.3 is 0 Å². The molecule has 26 heavy (non-hydrogen) atoms. The predicted octanol–water partition coefficient (Wildman–Crippen LogP) is 3.91. The molecule has 2 aromatic carbocycles. The van der Waals surface area contributed by atoms with Crippen LogP contribution in [0.5, 0.6) is 0 Å². The van der Waals surface area contributed by atoms with Gasteiger partial charge in [-0.3, -0.25) is 9.59 Å². The predicted molar refractivity (Wildman–Crippen MR) is 103 cm³/mol. The maximum Gasteiger partial charge on any atom is 0.251 e. The SMILES string of the molecule is Cc1ccc2nc(C(=O)C=Cc3ccc(C(=O)NC(C)C)cc3)[nH]c2c1. The van der Waals surface area contributed by atoms with Crippen molar-refractivity contribution in [1.29, 1.82) is 0 Å². The van der Waals surface area contributed by atoms with Crippen molar-refractivity contribution >= 4 is 28.8 Å². The van der Waals surface area contributed by atoms with Crippen LogP contribution in [0.15, 0.2) is 48.5 Å². The number of imidazole rings is 1. The summed E-state index contributed by atoms with van der Waals surface area (Å²) in [6.45, 7) is 5.83. The highest BCUT2D eigenvalue weighted by Gasteiger charge is 2.09. The fourth-order valence-electron chi connectivity index (χ4n) is 2.58. The molecule has 1 heterocycles. The molecule has 132 valence electrons. The average Bonchev–Trinajstić information content (AvgIpc) is 3.02. The number of ketones is 1. The fraction of sp³-hybridized carbons (Fsp3) is 0.190. The smallest absolute Gasteiger partial charge is 0.251 e. The van der Waals surface area contributed by atoms with Crippen molar-refractivity contribution in [2.24, 2.45) is 0 Å². The van der Waals surface area contributed by atoms with E-state index in [1.807, 2.05) is 39.0 Å². The van der Waals surface area contributed by atoms with Gasteiger partial charge in [-0.2, -0.15) is 0 Å². The molecule has 2 N–H and O–H groups in total. The lowest BCUT2D eigenvalue weighted by atomic mass is 10.1. The van der Waals surface area contributed by atoms with E-state index in [1.54, 1.807) is 30.3 Å². The second-order valence-corrected chi connectivity index (χ2v) is 6.55. The van der Waals surface area contributed by atoms with E-state index >= 15 is 0 Å². The van der Waals surface area contributed by atoms with E-state index in [4.69, 9.17) is 0 Å². The highest BCUT2D eigenvalue weighted by molar-refractivity contribution is 6.06. The van der Waals surface area contributed by atoms with Crippen molar-refractivity contribution in [3.05, 3.63) is 71.1 Å². The monoisotopic (exact) mass is 347 g/mol. The third-order valence-corrected chi connectivity index (χ3v) is 3.89. The summed E-state index contributed by atoms with van der Waals surface area (Å²) in [5.41, 5.74) is 4.16. The Bertz CT molecular complexity index is 982. The Balaban J connectivity index is 1.72. The summed E-state index contributed by atoms with van der Waals surface area (Å²) in [6.07, 6.45) is 3.19. The highest BCUT2D eigenvalue weighted by atomic mass is 16.1. The highest BCUT2D eigenvalue weighted by Crippen LogP contribution is 2.14. The number of amides is 1. The summed E-state index contributed by atoms with van der Waals surface area (Å²) in [5, 5.41) is 2.84. The van der Waals surface area contributed by atoms with Crippen molar-refractivity contribution in [1.82, 2.24) is 15.3 Å². The summed E-state index contributed by atoms with van der Waals surface area (Å²) in [5.74, 6) is 0.0134. The standard InChI is InChI=1S/C21H21N3O2/c1-13(2)22-21(26)16-8-5-15(6-9-16)7-11-19(25)20-23-17-10-4-14(3)12-18(17)24-20/h4-13H,1-3H3,(H,22,26)(H,23,24). The summed E-state index contributed by atoms with van der Waals surface area (Å²) in [4.78, 5) is 31.6. The lowest BCUT2D eigenvalue weighted by Crippen LogP contribution is -2.29. The molecule has 0 saturated heterocycles. The number of hydrogen-bond acceptors (Lipinski definition) is 3. The van der Waals surface area contributed by atoms with Gasteiger partial charge in [-0.1, -0.05) is 24.3 Å². The molecule has 3 rings (SSSR count). The van der Waals surface area contributed by atoms with Gasteiger partial charge in [0.1, 0.15) is 0 Å². The van der Waals surface area contributed by atoms with E-state index in [-0.39, 0.29) is 17.7 Å². The first-order valence-corrected chi connectivity index (χ1v) is 8.52. The Kier molecular flexibility index (Phi) is 4.98. The van der Waals surface area contributed by atoms with Crippen molar-refractivity contribution in [3.63, 3.8) is 0 Å². The van der Waals surface area contributed by atoms with Crippen molar-refractivity contribution in [3.8, 4) is 0 Å². The van der Waals surface area contributed by atoms with Crippen LogP contribution in [0.4, 0.5) is 0 Å². The molecular formula is C21H21N3O2. The Labute approximate surface area is 152 Å². The van der Waals surface area contributed by atoms with Gasteiger partial charge in [0.25, 0.3) is 5.91 Å². The molecule has 1 aromatic heterocycles. The van der Waals surface area contributed by atoms with Crippen molar-refractivity contribution in [2.75, 3.05) is 0 Å². The van der Waals surface area contributed by atoms with Crippen molar-refractivity contribution < 1.29 is 9.59 Å². The Morgan fingerprint density at radius 3 is 2.54 bits per heavy atom. The minimum atomic E-state index is -0.194. The molecular weight excluding hydrogens is 326 g/mol. The van der Waals surface area contributed by atoms with Crippen LogP contribution < -0.4 is 5.32 Å². The van der Waals surface area contributed by atoms with Crippen LogP contribution in [0.2, 0.25) is 0 Å². The molecule has 0 spiro atoms. The van der Waals surface area contributed by atoms with Gasteiger partial charge in [0.2, 0.25) is 5.78 Å². The van der Waals surface area contributed by atoms with Gasteiger partial charge in [0.05, 0.1) is 11.0 Å². The molecule has 0 radical (unpaired) electrons. The number of rotatable bonds is 5. The first kappa shape index (κ1) is 17.6. The van der Waals surface area contributed by atoms with E-state index in [0.29, 0.717) is 11.4 Å². The number of fused-ring (bicyclic) bond motifs is 1. The average molecular weight is 347 g/mol. The third kappa shape index (κ3) is 4.06. The molecule has 5 heteroatoms. The van der Waals surface area contributed by atoms with Crippen molar-refractivity contribution in [2.45, 2.75) is 26.8 Å². The number of nitrogens with one attached hydrogen (secondary N) is 2. The van der Waals surface area contributed by atoms with Crippen LogP contribution in [0.3, 0.4) is 0 Å². The van der Waals surface area contributed by atoms with Crippen LogP contribution >= 0.6 is 0 Å². The molecule has 5 nitrogen and oxygen atoms in total. The maximum atomic E-state index is 12.3. The number of carbonyl (C=O) groups is 2. The molecule has 0 bridgehead atoms. The Morgan fingerprint density at radius 2 is 1.85 bits per heavy atom. The zero-order chi connectivity index (χ0) is 18.7. The summed E-state index contributed by atoms with van der Waals surface area (Å²) in [7, 11) is 0. The molecule has 0 aliphatic rings. The first-order valence-electron chi connectivity index (χ1n) is 8.52. The van der Waals surface area contributed by atoms with E-state index in [9.17, 15) is 9.59 Å². The molecule has 0 unspecified atom stereocenters. The minimum Gasteiger partial charge on any atom is -0.350 e. The van der Waals surface area contributed by atoms with Gasteiger partial charge in [-0.15, -0.1) is 0 Å². The second-order valence-electron chi connectivity index (χ2n) is 6.55. The number of benzene rings is 2. The van der Waals surface area contributed by atoms with E-state index in [2.05, 4.69) is 15.3 Å². The zero-order valence-electron chi connectivity index (χ0n) is 15.0. The van der Waals surface area contributed by atoms with Gasteiger partial charge in [0, 0.05) is 11.6 Å². The van der Waals surface area contributed by atoms with Gasteiger partial charge in [-0.05, 0) is 62.2 Å². The van der Waals surface area contributed by atoms with E-state index in [0.717, 1.165) is 22.2 Å². The number of H-pyrrole nitrogens is 1. The Hall–Kier alpha value is -3.21. The molecule has 1 amide bonds.